The summed E-state index contributed by atoms with van der Waals surface area (Å²) in [6.07, 6.45) is 4.13. The number of carbonyl (C=O) groups excluding carboxylic acids is 1. The maximum absolute atomic E-state index is 14.4. The lowest BCUT2D eigenvalue weighted by Crippen LogP contribution is -2.38. The summed E-state index contributed by atoms with van der Waals surface area (Å²) < 4.78 is 21.8. The molecular weight excluding hydrogens is 319 g/mol. The Morgan fingerprint density at radius 1 is 1.24 bits per heavy atom. The maximum atomic E-state index is 14.4. The van der Waals surface area contributed by atoms with Gasteiger partial charge in [-0.15, -0.1) is 0 Å². The molecule has 0 atom stereocenters. The van der Waals surface area contributed by atoms with Crippen LogP contribution in [0.5, 0.6) is 5.75 Å². The summed E-state index contributed by atoms with van der Waals surface area (Å²) in [5, 5.41) is 3.30. The van der Waals surface area contributed by atoms with Gasteiger partial charge in [0.05, 0.1) is 0 Å². The fraction of sp³-hybridized carbons (Fsp3) is 0.450. The number of Topliss-reactive ketones (excluding diaryl/α,β-unsaturated/α-hetero) is 1. The number of carbonyl (C=O) groups is 1. The molecule has 1 aromatic heterocycles. The first-order chi connectivity index (χ1) is 11.8. The molecule has 134 valence electrons. The van der Waals surface area contributed by atoms with Crippen LogP contribution in [0.15, 0.2) is 30.5 Å². The van der Waals surface area contributed by atoms with Crippen molar-refractivity contribution in [2.45, 2.75) is 45.6 Å². The lowest BCUT2D eigenvalue weighted by molar-refractivity contribution is 0.0972. The minimum atomic E-state index is -0.391. The van der Waals surface area contributed by atoms with Gasteiger partial charge in [0.15, 0.2) is 17.3 Å². The van der Waals surface area contributed by atoms with Gasteiger partial charge in [-0.25, -0.2) is 4.39 Å². The van der Waals surface area contributed by atoms with E-state index in [0.717, 1.165) is 24.1 Å². The highest BCUT2D eigenvalue weighted by Gasteiger charge is 2.21. The van der Waals surface area contributed by atoms with Crippen molar-refractivity contribution in [3.05, 3.63) is 47.5 Å². The Kier molecular flexibility index (Phi) is 4.95. The van der Waals surface area contributed by atoms with Crippen LogP contribution in [0.25, 0.3) is 5.69 Å². The molecule has 4 nitrogen and oxygen atoms in total. The third-order valence-corrected chi connectivity index (χ3v) is 4.32. The Balaban J connectivity index is 1.71. The van der Waals surface area contributed by atoms with Crippen molar-refractivity contribution in [1.82, 2.24) is 9.88 Å². The Morgan fingerprint density at radius 3 is 2.76 bits per heavy atom. The third-order valence-electron chi connectivity index (χ3n) is 4.32. The van der Waals surface area contributed by atoms with Gasteiger partial charge in [-0.2, -0.15) is 0 Å². The molecular formula is C20H25FN2O2. The zero-order valence-electron chi connectivity index (χ0n) is 15.1. The van der Waals surface area contributed by atoms with Gasteiger partial charge in [-0.3, -0.25) is 4.79 Å². The van der Waals surface area contributed by atoms with Crippen molar-refractivity contribution in [1.29, 1.82) is 0 Å². The van der Waals surface area contributed by atoms with E-state index in [-0.39, 0.29) is 17.1 Å². The zero-order chi connectivity index (χ0) is 18.0. The molecule has 3 rings (SSSR count). The number of nitrogens with one attached hydrogen (secondary N) is 1. The summed E-state index contributed by atoms with van der Waals surface area (Å²) in [7, 11) is 0. The van der Waals surface area contributed by atoms with Gasteiger partial charge < -0.3 is 14.6 Å². The standard InChI is InChI=1S/C20H25FN2O2/c1-20(2,3)22-10-12-25-19-8-7-14(13-16(19)21)23-11-9-15-17(23)5-4-6-18(15)24/h7-9,11,13,22H,4-6,10,12H2,1-3H3. The largest absolute Gasteiger partial charge is 0.489 e. The average Bonchev–Trinajstić information content (AvgIpc) is 2.97. The molecule has 1 aromatic carbocycles. The number of rotatable bonds is 5. The number of aromatic nitrogens is 1. The molecule has 1 N–H and O–H groups in total. The number of benzene rings is 1. The van der Waals surface area contributed by atoms with E-state index in [4.69, 9.17) is 4.74 Å². The summed E-state index contributed by atoms with van der Waals surface area (Å²) in [6, 6.07) is 6.77. The van der Waals surface area contributed by atoms with E-state index in [1.807, 2.05) is 22.9 Å². The fourth-order valence-corrected chi connectivity index (χ4v) is 3.11. The first kappa shape index (κ1) is 17.7. The molecule has 0 fully saturated rings. The SMILES string of the molecule is CC(C)(C)NCCOc1ccc(-n2ccc3c2CCCC3=O)cc1F. The number of halogens is 1. The topological polar surface area (TPSA) is 43.3 Å². The molecule has 0 saturated carbocycles. The molecule has 1 aliphatic carbocycles. The van der Waals surface area contributed by atoms with E-state index in [0.29, 0.717) is 25.3 Å². The highest BCUT2D eigenvalue weighted by molar-refractivity contribution is 5.98. The maximum Gasteiger partial charge on any atom is 0.167 e. The second kappa shape index (κ2) is 7.00. The monoisotopic (exact) mass is 344 g/mol. The van der Waals surface area contributed by atoms with E-state index in [2.05, 4.69) is 26.1 Å². The molecule has 0 radical (unpaired) electrons. The number of nitrogens with zero attached hydrogens (tertiary/aromatic N) is 1. The molecule has 0 unspecified atom stereocenters. The van der Waals surface area contributed by atoms with E-state index < -0.39 is 5.82 Å². The Hall–Kier alpha value is -2.14. The lowest BCUT2D eigenvalue weighted by atomic mass is 9.97. The van der Waals surface area contributed by atoms with E-state index in [1.165, 1.54) is 6.07 Å². The van der Waals surface area contributed by atoms with Gasteiger partial charge in [0.1, 0.15) is 6.61 Å². The van der Waals surface area contributed by atoms with E-state index in [1.54, 1.807) is 6.07 Å². The number of fused-ring (bicyclic) bond motifs is 1. The van der Waals surface area contributed by atoms with Gasteiger partial charge >= 0.3 is 0 Å². The number of ketones is 1. The second-order valence-corrected chi connectivity index (χ2v) is 7.46. The first-order valence-corrected chi connectivity index (χ1v) is 8.76. The molecule has 2 aromatic rings. The fourth-order valence-electron chi connectivity index (χ4n) is 3.11. The predicted molar refractivity (Wildman–Crippen MR) is 96.2 cm³/mol. The molecule has 5 heteroatoms. The van der Waals surface area contributed by atoms with Crippen LogP contribution in [-0.4, -0.2) is 29.0 Å². The minimum Gasteiger partial charge on any atom is -0.489 e. The van der Waals surface area contributed by atoms with Gasteiger partial charge in [0.2, 0.25) is 0 Å². The van der Waals surface area contributed by atoms with Crippen LogP contribution >= 0.6 is 0 Å². The van der Waals surface area contributed by atoms with E-state index in [9.17, 15) is 9.18 Å². The quantitative estimate of drug-likeness (QED) is 0.837. The van der Waals surface area contributed by atoms with Crippen molar-refractivity contribution in [3.63, 3.8) is 0 Å². The van der Waals surface area contributed by atoms with Gasteiger partial charge in [0, 0.05) is 47.7 Å². The van der Waals surface area contributed by atoms with Gasteiger partial charge in [-0.05, 0) is 51.8 Å². The van der Waals surface area contributed by atoms with Crippen LogP contribution in [-0.2, 0) is 6.42 Å². The average molecular weight is 344 g/mol. The van der Waals surface area contributed by atoms with Gasteiger partial charge in [0.25, 0.3) is 0 Å². The van der Waals surface area contributed by atoms with Crippen molar-refractivity contribution < 1.29 is 13.9 Å². The van der Waals surface area contributed by atoms with Crippen molar-refractivity contribution in [3.8, 4) is 11.4 Å². The predicted octanol–water partition coefficient (Wildman–Crippen LogP) is 3.90. The van der Waals surface area contributed by atoms with Crippen LogP contribution in [0.4, 0.5) is 4.39 Å². The van der Waals surface area contributed by atoms with Crippen LogP contribution < -0.4 is 10.1 Å². The minimum absolute atomic E-state index is 0.0106. The zero-order valence-corrected chi connectivity index (χ0v) is 15.1. The van der Waals surface area contributed by atoms with E-state index >= 15 is 0 Å². The molecule has 0 amide bonds. The van der Waals surface area contributed by atoms with Crippen LogP contribution in [0.2, 0.25) is 0 Å². The van der Waals surface area contributed by atoms with Crippen LogP contribution in [0.3, 0.4) is 0 Å². The van der Waals surface area contributed by atoms with Crippen molar-refractivity contribution in [2.75, 3.05) is 13.2 Å². The number of hydrogen-bond acceptors (Lipinski definition) is 3. The first-order valence-electron chi connectivity index (χ1n) is 8.76. The van der Waals surface area contributed by atoms with Crippen LogP contribution in [0, 0.1) is 5.82 Å². The summed E-state index contributed by atoms with van der Waals surface area (Å²) in [5.74, 6) is 0.0289. The van der Waals surface area contributed by atoms with Crippen molar-refractivity contribution in [2.24, 2.45) is 0 Å². The Labute approximate surface area is 148 Å². The Morgan fingerprint density at radius 2 is 2.04 bits per heavy atom. The number of hydrogen-bond donors (Lipinski definition) is 1. The molecule has 0 bridgehead atoms. The number of ether oxygens (including phenoxy) is 1. The Bertz CT molecular complexity index is 774. The smallest absolute Gasteiger partial charge is 0.167 e. The molecule has 25 heavy (non-hydrogen) atoms. The molecule has 1 aliphatic rings. The van der Waals surface area contributed by atoms with Gasteiger partial charge in [-0.1, -0.05) is 0 Å². The summed E-state index contributed by atoms with van der Waals surface area (Å²) in [6.45, 7) is 7.28. The second-order valence-electron chi connectivity index (χ2n) is 7.46. The molecule has 0 aliphatic heterocycles. The van der Waals surface area contributed by atoms with Crippen LogP contribution in [0.1, 0.15) is 49.7 Å². The summed E-state index contributed by atoms with van der Waals surface area (Å²) >= 11 is 0. The summed E-state index contributed by atoms with van der Waals surface area (Å²) in [4.78, 5) is 12.0. The normalized spacial score (nSPS) is 14.5. The lowest BCUT2D eigenvalue weighted by Gasteiger charge is -2.20. The third kappa shape index (κ3) is 4.10. The highest BCUT2D eigenvalue weighted by Crippen LogP contribution is 2.27. The highest BCUT2D eigenvalue weighted by atomic mass is 19.1. The van der Waals surface area contributed by atoms with Crippen molar-refractivity contribution >= 4 is 5.78 Å². The molecule has 0 spiro atoms. The summed E-state index contributed by atoms with van der Waals surface area (Å²) in [5.41, 5.74) is 2.46. The molecule has 0 saturated heterocycles. The molecule has 1 heterocycles.